The first kappa shape index (κ1) is 19.7. The van der Waals surface area contributed by atoms with Crippen molar-refractivity contribution in [1.82, 2.24) is 19.4 Å². The first-order valence-corrected chi connectivity index (χ1v) is 10.7. The van der Waals surface area contributed by atoms with Gasteiger partial charge in [-0.05, 0) is 25.3 Å². The van der Waals surface area contributed by atoms with E-state index >= 15 is 0 Å². The van der Waals surface area contributed by atoms with Crippen molar-refractivity contribution in [3.8, 4) is 0 Å². The van der Waals surface area contributed by atoms with E-state index in [1.54, 1.807) is 6.26 Å². The summed E-state index contributed by atoms with van der Waals surface area (Å²) >= 11 is 0. The molecule has 4 rings (SSSR count). The summed E-state index contributed by atoms with van der Waals surface area (Å²) in [6.45, 7) is 5.88. The predicted molar refractivity (Wildman–Crippen MR) is 108 cm³/mol. The van der Waals surface area contributed by atoms with Crippen molar-refractivity contribution in [2.24, 2.45) is 7.05 Å². The number of amides is 2. The van der Waals surface area contributed by atoms with E-state index in [0.29, 0.717) is 38.2 Å². The number of hydrogen-bond acceptors (Lipinski definition) is 4. The SMILES string of the molecule is CCCCC(=O)N1CCC2(C1)c1ncn(C)c1CCN2C(=O)c1occc1CC. The van der Waals surface area contributed by atoms with Crippen LogP contribution in [0.4, 0.5) is 0 Å². The molecule has 2 aromatic rings. The molecule has 1 unspecified atom stereocenters. The van der Waals surface area contributed by atoms with Gasteiger partial charge in [-0.3, -0.25) is 9.59 Å². The van der Waals surface area contributed by atoms with Crippen LogP contribution in [0.15, 0.2) is 23.1 Å². The zero-order valence-corrected chi connectivity index (χ0v) is 17.6. The number of nitrogens with zero attached hydrogens (tertiary/aromatic N) is 4. The Balaban J connectivity index is 1.70. The number of carbonyl (C=O) groups excluding carboxylic acids is 2. The lowest BCUT2D eigenvalue weighted by Crippen LogP contribution is -2.55. The van der Waals surface area contributed by atoms with E-state index in [9.17, 15) is 9.59 Å². The lowest BCUT2D eigenvalue weighted by Gasteiger charge is -2.43. The molecule has 7 nitrogen and oxygen atoms in total. The molecular weight excluding hydrogens is 368 g/mol. The first-order chi connectivity index (χ1) is 14.0. The van der Waals surface area contributed by atoms with Crippen molar-refractivity contribution in [3.63, 3.8) is 0 Å². The first-order valence-electron chi connectivity index (χ1n) is 10.7. The predicted octanol–water partition coefficient (Wildman–Crippen LogP) is 2.89. The smallest absolute Gasteiger partial charge is 0.290 e. The normalized spacial score (nSPS) is 21.1. The Hall–Kier alpha value is -2.57. The summed E-state index contributed by atoms with van der Waals surface area (Å²) in [7, 11) is 2.00. The lowest BCUT2D eigenvalue weighted by atomic mass is 9.85. The molecule has 0 radical (unpaired) electrons. The van der Waals surface area contributed by atoms with Crippen molar-refractivity contribution in [2.45, 2.75) is 57.9 Å². The van der Waals surface area contributed by atoms with Gasteiger partial charge in [-0.25, -0.2) is 4.98 Å². The molecule has 4 heterocycles. The summed E-state index contributed by atoms with van der Waals surface area (Å²) in [5, 5.41) is 0. The average Bonchev–Trinajstić information content (AvgIpc) is 3.45. The zero-order chi connectivity index (χ0) is 20.6. The number of aryl methyl sites for hydroxylation is 2. The third kappa shape index (κ3) is 3.16. The van der Waals surface area contributed by atoms with Crippen LogP contribution in [0.25, 0.3) is 0 Å². The molecule has 2 aromatic heterocycles. The topological polar surface area (TPSA) is 71.6 Å². The summed E-state index contributed by atoms with van der Waals surface area (Å²) < 4.78 is 7.64. The van der Waals surface area contributed by atoms with E-state index in [1.807, 2.05) is 40.7 Å². The Morgan fingerprint density at radius 1 is 1.28 bits per heavy atom. The minimum absolute atomic E-state index is 0.0917. The number of hydrogen-bond donors (Lipinski definition) is 0. The highest BCUT2D eigenvalue weighted by Gasteiger charge is 2.53. The monoisotopic (exact) mass is 398 g/mol. The number of fused-ring (bicyclic) bond motifs is 2. The van der Waals surface area contributed by atoms with Crippen LogP contribution in [0.3, 0.4) is 0 Å². The van der Waals surface area contributed by atoms with Crippen molar-refractivity contribution in [3.05, 3.63) is 41.4 Å². The van der Waals surface area contributed by atoms with E-state index in [2.05, 4.69) is 6.92 Å². The van der Waals surface area contributed by atoms with Crippen LogP contribution in [0.1, 0.15) is 67.0 Å². The standard InChI is InChI=1S/C22H30N4O3/c1-4-6-7-18(27)25-12-10-22(14-25)20-17(24(3)15-23-20)8-11-26(22)21(28)19-16(5-2)9-13-29-19/h9,13,15H,4-8,10-12,14H2,1-3H3. The number of unbranched alkanes of at least 4 members (excludes halogenated alkanes) is 1. The third-order valence-electron chi connectivity index (χ3n) is 6.50. The van der Waals surface area contributed by atoms with Crippen LogP contribution in [0.2, 0.25) is 0 Å². The molecule has 1 spiro atoms. The maximum Gasteiger partial charge on any atom is 0.290 e. The Kier molecular flexibility index (Phi) is 5.23. The molecule has 0 aliphatic carbocycles. The molecule has 2 aliphatic rings. The van der Waals surface area contributed by atoms with Crippen molar-refractivity contribution < 1.29 is 14.0 Å². The second-order valence-electron chi connectivity index (χ2n) is 8.19. The zero-order valence-electron chi connectivity index (χ0n) is 17.6. The number of rotatable bonds is 5. The van der Waals surface area contributed by atoms with Crippen LogP contribution in [-0.2, 0) is 30.2 Å². The fourth-order valence-electron chi connectivity index (χ4n) is 4.83. The second kappa shape index (κ2) is 7.69. The highest BCUT2D eigenvalue weighted by Crippen LogP contribution is 2.43. The Labute approximate surface area is 171 Å². The van der Waals surface area contributed by atoms with Crippen molar-refractivity contribution in [1.29, 1.82) is 0 Å². The molecule has 2 amide bonds. The minimum atomic E-state index is -0.578. The summed E-state index contributed by atoms with van der Waals surface area (Å²) in [5.74, 6) is 0.499. The Morgan fingerprint density at radius 2 is 2.10 bits per heavy atom. The van der Waals surface area contributed by atoms with Gasteiger partial charge in [0.2, 0.25) is 5.91 Å². The fourth-order valence-corrected chi connectivity index (χ4v) is 4.83. The molecule has 156 valence electrons. The Bertz CT molecular complexity index is 915. The molecule has 1 fully saturated rings. The van der Waals surface area contributed by atoms with Gasteiger partial charge in [0.1, 0.15) is 5.54 Å². The summed E-state index contributed by atoms with van der Waals surface area (Å²) in [5.41, 5.74) is 2.44. The van der Waals surface area contributed by atoms with E-state index in [1.165, 1.54) is 0 Å². The summed E-state index contributed by atoms with van der Waals surface area (Å²) in [6, 6.07) is 1.87. The van der Waals surface area contributed by atoms with E-state index in [-0.39, 0.29) is 11.8 Å². The van der Waals surface area contributed by atoms with E-state index in [0.717, 1.165) is 42.6 Å². The van der Waals surface area contributed by atoms with Gasteiger partial charge in [0.15, 0.2) is 5.76 Å². The van der Waals surface area contributed by atoms with Crippen LogP contribution in [0, 0.1) is 0 Å². The lowest BCUT2D eigenvalue weighted by molar-refractivity contribution is -0.130. The van der Waals surface area contributed by atoms with Crippen molar-refractivity contribution >= 4 is 11.8 Å². The number of carbonyl (C=O) groups is 2. The largest absolute Gasteiger partial charge is 0.459 e. The van der Waals surface area contributed by atoms with Gasteiger partial charge >= 0.3 is 0 Å². The van der Waals surface area contributed by atoms with Crippen LogP contribution < -0.4 is 0 Å². The number of aromatic nitrogens is 2. The van der Waals surface area contributed by atoms with Gasteiger partial charge < -0.3 is 18.8 Å². The van der Waals surface area contributed by atoms with Gasteiger partial charge in [-0.15, -0.1) is 0 Å². The molecule has 0 bridgehead atoms. The average molecular weight is 399 g/mol. The highest BCUT2D eigenvalue weighted by atomic mass is 16.3. The maximum atomic E-state index is 13.6. The molecule has 0 aromatic carbocycles. The second-order valence-corrected chi connectivity index (χ2v) is 8.19. The van der Waals surface area contributed by atoms with Crippen LogP contribution >= 0.6 is 0 Å². The molecule has 2 aliphatic heterocycles. The van der Waals surface area contributed by atoms with Gasteiger partial charge in [0.05, 0.1) is 18.3 Å². The summed E-state index contributed by atoms with van der Waals surface area (Å²) in [6.07, 6.45) is 8.08. The third-order valence-corrected chi connectivity index (χ3v) is 6.50. The highest BCUT2D eigenvalue weighted by molar-refractivity contribution is 5.94. The fraction of sp³-hybridized carbons (Fsp3) is 0.591. The molecule has 7 heteroatoms. The molecule has 1 atom stereocenters. The maximum absolute atomic E-state index is 13.6. The van der Waals surface area contributed by atoms with Crippen LogP contribution in [-0.4, -0.2) is 50.8 Å². The van der Waals surface area contributed by atoms with E-state index in [4.69, 9.17) is 9.40 Å². The molecule has 0 saturated carbocycles. The van der Waals surface area contributed by atoms with Crippen molar-refractivity contribution in [2.75, 3.05) is 19.6 Å². The molecular formula is C22H30N4O3. The molecule has 0 N–H and O–H groups in total. The number of likely N-dealkylation sites (tertiary alicyclic amines) is 1. The minimum Gasteiger partial charge on any atom is -0.459 e. The number of furan rings is 1. The number of imidazole rings is 1. The molecule has 29 heavy (non-hydrogen) atoms. The van der Waals surface area contributed by atoms with Gasteiger partial charge in [-0.1, -0.05) is 20.3 Å². The summed E-state index contributed by atoms with van der Waals surface area (Å²) in [4.78, 5) is 34.8. The van der Waals surface area contributed by atoms with Gasteiger partial charge in [-0.2, -0.15) is 0 Å². The van der Waals surface area contributed by atoms with Gasteiger partial charge in [0, 0.05) is 50.8 Å². The Morgan fingerprint density at radius 3 is 2.86 bits per heavy atom. The van der Waals surface area contributed by atoms with Gasteiger partial charge in [0.25, 0.3) is 5.91 Å². The molecule has 1 saturated heterocycles. The quantitative estimate of drug-likeness (QED) is 0.776. The van der Waals surface area contributed by atoms with E-state index < -0.39 is 5.54 Å². The van der Waals surface area contributed by atoms with Crippen LogP contribution in [0.5, 0.6) is 0 Å².